The zero-order valence-electron chi connectivity index (χ0n) is 31.9. The van der Waals surface area contributed by atoms with E-state index in [1.54, 1.807) is 25.4 Å². The van der Waals surface area contributed by atoms with E-state index in [1.807, 2.05) is 60.6 Å². The second-order valence-electron chi connectivity index (χ2n) is 16.2. The SMILES string of the molecule is COC(C)c1ncc(N2CCN3CCOC[C@@H]3C2)cc1-c1c(CC(C)(C)COC(C)=O)c2cc(B3OC(C)(C)C(C)(C)O3)ccc2n1CC(F)(F)F. The Morgan fingerprint density at radius 2 is 1.81 bits per heavy atom. The Morgan fingerprint density at radius 3 is 2.46 bits per heavy atom. The number of carbonyl (C=O) groups is 1. The molecule has 14 heteroatoms. The summed E-state index contributed by atoms with van der Waals surface area (Å²) in [4.78, 5) is 21.5. The van der Waals surface area contributed by atoms with Crippen molar-refractivity contribution in [3.8, 4) is 11.3 Å². The van der Waals surface area contributed by atoms with Gasteiger partial charge in [0.2, 0.25) is 0 Å². The summed E-state index contributed by atoms with van der Waals surface area (Å²) in [5.41, 5.74) is 2.25. The summed E-state index contributed by atoms with van der Waals surface area (Å²) in [6.45, 7) is 18.3. The van der Waals surface area contributed by atoms with Crippen LogP contribution in [0.25, 0.3) is 22.2 Å². The summed E-state index contributed by atoms with van der Waals surface area (Å²) in [6, 6.07) is 7.59. The molecule has 5 heterocycles. The van der Waals surface area contributed by atoms with E-state index in [4.69, 9.17) is 28.5 Å². The van der Waals surface area contributed by atoms with Crippen molar-refractivity contribution in [2.45, 2.75) is 97.9 Å². The second-order valence-corrected chi connectivity index (χ2v) is 16.2. The molecule has 0 aliphatic carbocycles. The number of anilines is 1. The zero-order chi connectivity index (χ0) is 37.8. The minimum absolute atomic E-state index is 0.0813. The van der Waals surface area contributed by atoms with Gasteiger partial charge in [-0.15, -0.1) is 0 Å². The van der Waals surface area contributed by atoms with Crippen molar-refractivity contribution < 1.29 is 41.5 Å². The number of methoxy groups -OCH3 is 1. The van der Waals surface area contributed by atoms with Crippen molar-refractivity contribution in [2.24, 2.45) is 5.41 Å². The number of halogens is 3. The largest absolute Gasteiger partial charge is 0.494 e. The van der Waals surface area contributed by atoms with E-state index in [-0.39, 0.29) is 12.6 Å². The number of benzene rings is 1. The van der Waals surface area contributed by atoms with Crippen LogP contribution in [0.4, 0.5) is 18.9 Å². The van der Waals surface area contributed by atoms with Gasteiger partial charge in [0.25, 0.3) is 0 Å². The second kappa shape index (κ2) is 14.2. The van der Waals surface area contributed by atoms with Crippen molar-refractivity contribution in [1.29, 1.82) is 0 Å². The highest BCUT2D eigenvalue weighted by atomic mass is 19.4. The minimum atomic E-state index is -4.54. The van der Waals surface area contributed by atoms with Gasteiger partial charge in [0.1, 0.15) is 6.54 Å². The third kappa shape index (κ3) is 7.87. The normalized spacial score (nSPS) is 21.4. The number of piperazine rings is 1. The van der Waals surface area contributed by atoms with Crippen LogP contribution in [0, 0.1) is 5.41 Å². The van der Waals surface area contributed by atoms with Gasteiger partial charge in [0.05, 0.1) is 66.4 Å². The molecule has 0 radical (unpaired) electrons. The monoisotopic (exact) mass is 728 g/mol. The standard InChI is InChI=1S/C38H52BF3N4O6/c1-24(48-9)33-30(17-27(19-43-33)45-13-12-44-14-15-49-21-28(44)20-45)34-31(18-35(3,4)23-50-25(2)47)29-16-26(39-51-36(5,6)37(7,8)52-39)10-11-32(29)46(34)22-38(40,41)42/h10-11,16-17,19,24,28H,12-15,18,20-23H2,1-9H3/t24?,28-/m0/s1. The summed E-state index contributed by atoms with van der Waals surface area (Å²) >= 11 is 0. The van der Waals surface area contributed by atoms with Crippen LogP contribution < -0.4 is 10.4 Å². The molecule has 3 fully saturated rings. The lowest BCUT2D eigenvalue weighted by molar-refractivity contribution is -0.144. The molecule has 2 aromatic heterocycles. The van der Waals surface area contributed by atoms with Crippen LogP contribution in [-0.4, -0.2) is 104 Å². The Labute approximate surface area is 305 Å². The molecular weight excluding hydrogens is 676 g/mol. The first-order chi connectivity index (χ1) is 24.3. The number of pyridine rings is 1. The predicted octanol–water partition coefficient (Wildman–Crippen LogP) is 5.92. The van der Waals surface area contributed by atoms with E-state index in [0.717, 1.165) is 25.3 Å². The summed E-state index contributed by atoms with van der Waals surface area (Å²) in [6.07, 6.45) is -2.96. The number of alkyl halides is 3. The third-order valence-corrected chi connectivity index (χ3v) is 11.1. The summed E-state index contributed by atoms with van der Waals surface area (Å²) in [7, 11) is 0.847. The maximum atomic E-state index is 14.7. The van der Waals surface area contributed by atoms with Gasteiger partial charge in [-0.3, -0.25) is 14.7 Å². The van der Waals surface area contributed by atoms with Crippen LogP contribution in [0.5, 0.6) is 0 Å². The molecule has 3 aliphatic rings. The first-order valence-corrected chi connectivity index (χ1v) is 18.1. The van der Waals surface area contributed by atoms with Crippen LogP contribution >= 0.6 is 0 Å². The number of morpholine rings is 1. The lowest BCUT2D eigenvalue weighted by atomic mass is 9.77. The van der Waals surface area contributed by atoms with E-state index >= 15 is 0 Å². The first kappa shape index (κ1) is 38.6. The molecule has 0 bridgehead atoms. The van der Waals surface area contributed by atoms with Gasteiger partial charge in [-0.2, -0.15) is 13.2 Å². The molecule has 3 aromatic rings. The van der Waals surface area contributed by atoms with E-state index in [2.05, 4.69) is 9.80 Å². The number of ether oxygens (including phenoxy) is 3. The van der Waals surface area contributed by atoms with E-state index in [1.165, 1.54) is 11.5 Å². The zero-order valence-corrected chi connectivity index (χ0v) is 31.9. The van der Waals surface area contributed by atoms with Crippen LogP contribution in [0.15, 0.2) is 30.5 Å². The van der Waals surface area contributed by atoms with Crippen molar-refractivity contribution in [1.82, 2.24) is 14.5 Å². The Morgan fingerprint density at radius 1 is 1.10 bits per heavy atom. The number of carbonyl (C=O) groups excluding carboxylic acids is 1. The van der Waals surface area contributed by atoms with E-state index in [0.29, 0.717) is 65.1 Å². The van der Waals surface area contributed by atoms with Crippen molar-refractivity contribution in [3.63, 3.8) is 0 Å². The van der Waals surface area contributed by atoms with Crippen LogP contribution in [-0.2, 0) is 41.3 Å². The minimum Gasteiger partial charge on any atom is -0.465 e. The Hall–Kier alpha value is -3.17. The van der Waals surface area contributed by atoms with Crippen LogP contribution in [0.1, 0.15) is 72.8 Å². The highest BCUT2D eigenvalue weighted by Crippen LogP contribution is 2.43. The molecule has 1 unspecified atom stereocenters. The van der Waals surface area contributed by atoms with Gasteiger partial charge in [-0.05, 0) is 64.2 Å². The van der Waals surface area contributed by atoms with E-state index in [9.17, 15) is 18.0 Å². The van der Waals surface area contributed by atoms with Gasteiger partial charge < -0.3 is 33.0 Å². The molecule has 3 aliphatic heterocycles. The molecule has 0 amide bonds. The van der Waals surface area contributed by atoms with Crippen molar-refractivity contribution in [2.75, 3.05) is 58.0 Å². The van der Waals surface area contributed by atoms with Crippen molar-refractivity contribution >= 4 is 35.1 Å². The Kier molecular flexibility index (Phi) is 10.6. The number of fused-ring (bicyclic) bond motifs is 2. The molecule has 1 aromatic carbocycles. The number of hydrogen-bond acceptors (Lipinski definition) is 9. The fourth-order valence-electron chi connectivity index (χ4n) is 7.47. The molecule has 0 N–H and O–H groups in total. The molecule has 3 saturated heterocycles. The molecule has 10 nitrogen and oxygen atoms in total. The fraction of sp³-hybridized carbons (Fsp3) is 0.632. The van der Waals surface area contributed by atoms with E-state index < -0.39 is 48.5 Å². The van der Waals surface area contributed by atoms with Gasteiger partial charge in [-0.25, -0.2) is 0 Å². The number of hydrogen-bond donors (Lipinski definition) is 0. The quantitative estimate of drug-likeness (QED) is 0.187. The molecule has 284 valence electrons. The highest BCUT2D eigenvalue weighted by Gasteiger charge is 2.52. The topological polar surface area (TPSA) is 87.5 Å². The third-order valence-electron chi connectivity index (χ3n) is 11.1. The molecule has 0 spiro atoms. The van der Waals surface area contributed by atoms with Crippen LogP contribution in [0.2, 0.25) is 0 Å². The number of rotatable bonds is 10. The van der Waals surface area contributed by atoms with Gasteiger partial charge in [0, 0.05) is 62.1 Å². The summed E-state index contributed by atoms with van der Waals surface area (Å²) in [5, 5.41) is 0.636. The number of aromatic nitrogens is 2. The fourth-order valence-corrected chi connectivity index (χ4v) is 7.47. The molecule has 52 heavy (non-hydrogen) atoms. The van der Waals surface area contributed by atoms with Crippen molar-refractivity contribution in [3.05, 3.63) is 41.7 Å². The first-order valence-electron chi connectivity index (χ1n) is 18.1. The number of nitrogens with zero attached hydrogens (tertiary/aromatic N) is 4. The molecule has 2 atom stereocenters. The average Bonchev–Trinajstić information content (AvgIpc) is 3.48. The smallest absolute Gasteiger partial charge is 0.465 e. The van der Waals surface area contributed by atoms with Gasteiger partial charge in [0.15, 0.2) is 0 Å². The lowest BCUT2D eigenvalue weighted by Crippen LogP contribution is -2.58. The van der Waals surface area contributed by atoms with Gasteiger partial charge >= 0.3 is 19.3 Å². The van der Waals surface area contributed by atoms with Crippen LogP contribution in [0.3, 0.4) is 0 Å². The lowest BCUT2D eigenvalue weighted by Gasteiger charge is -2.44. The molecular formula is C38H52BF3N4O6. The van der Waals surface area contributed by atoms with Gasteiger partial charge in [-0.1, -0.05) is 26.0 Å². The predicted molar refractivity (Wildman–Crippen MR) is 195 cm³/mol. The summed E-state index contributed by atoms with van der Waals surface area (Å²) < 4.78 is 75.2. The highest BCUT2D eigenvalue weighted by molar-refractivity contribution is 6.62. The summed E-state index contributed by atoms with van der Waals surface area (Å²) in [5.74, 6) is -0.424. The Bertz CT molecular complexity index is 1780. The molecule has 6 rings (SSSR count). The average molecular weight is 729 g/mol. The maximum absolute atomic E-state index is 14.7. The molecule has 0 saturated carbocycles. The Balaban J connectivity index is 1.58. The number of esters is 1. The maximum Gasteiger partial charge on any atom is 0.494 e.